The van der Waals surface area contributed by atoms with Crippen molar-refractivity contribution in [3.63, 3.8) is 0 Å². The number of nitrogens with one attached hydrogen (secondary N) is 1. The topological polar surface area (TPSA) is 84.2 Å². The number of rotatable bonds is 6. The first-order valence-corrected chi connectivity index (χ1v) is 11.3. The molecule has 6 nitrogen and oxygen atoms in total. The van der Waals surface area contributed by atoms with E-state index in [0.29, 0.717) is 30.3 Å². The van der Waals surface area contributed by atoms with Gasteiger partial charge in [-0.1, -0.05) is 36.4 Å². The maximum atomic E-state index is 12.7. The molecule has 1 amide bonds. The third-order valence-corrected chi connectivity index (χ3v) is 6.26. The zero-order valence-electron chi connectivity index (χ0n) is 18.2. The summed E-state index contributed by atoms with van der Waals surface area (Å²) in [5.74, 6) is 1.35. The van der Waals surface area contributed by atoms with E-state index >= 15 is 0 Å². The second-order valence-corrected chi connectivity index (χ2v) is 8.53. The van der Waals surface area contributed by atoms with Crippen molar-refractivity contribution < 1.29 is 14.3 Å². The fourth-order valence-corrected chi connectivity index (χ4v) is 4.32. The lowest BCUT2D eigenvalue weighted by Crippen LogP contribution is -2.26. The van der Waals surface area contributed by atoms with Crippen LogP contribution in [0.3, 0.4) is 0 Å². The average molecular weight is 440 g/mol. The lowest BCUT2D eigenvalue weighted by atomic mass is 10.0. The number of nitrogens with zero attached hydrogens (tertiary/aromatic N) is 2. The molecule has 1 aliphatic carbocycles. The van der Waals surface area contributed by atoms with Gasteiger partial charge in [0.2, 0.25) is 5.91 Å². The second-order valence-electron chi connectivity index (χ2n) is 8.53. The predicted molar refractivity (Wildman–Crippen MR) is 125 cm³/mol. The minimum atomic E-state index is -0.0235. The summed E-state index contributed by atoms with van der Waals surface area (Å²) in [5, 5.41) is 12.6. The number of anilines is 1. The Bertz CT molecular complexity index is 1180. The summed E-state index contributed by atoms with van der Waals surface area (Å²) in [4.78, 5) is 17.0. The highest BCUT2D eigenvalue weighted by Gasteiger charge is 2.43. The van der Waals surface area contributed by atoms with Crippen molar-refractivity contribution in [1.82, 2.24) is 4.98 Å². The van der Waals surface area contributed by atoms with E-state index in [1.54, 1.807) is 6.20 Å². The SMILES string of the molecule is N#Cc1cc(-c2ccnc(NC(=O)C3CC3c3ccccc3)c2)ccc1OC1CCOCC1. The van der Waals surface area contributed by atoms with E-state index < -0.39 is 0 Å². The van der Waals surface area contributed by atoms with Gasteiger partial charge in [0.15, 0.2) is 0 Å². The van der Waals surface area contributed by atoms with Crippen LogP contribution in [0.25, 0.3) is 11.1 Å². The number of amides is 1. The number of hydrogen-bond donors (Lipinski definition) is 1. The van der Waals surface area contributed by atoms with Crippen molar-refractivity contribution in [3.8, 4) is 22.9 Å². The van der Waals surface area contributed by atoms with Gasteiger partial charge in [-0.25, -0.2) is 4.98 Å². The van der Waals surface area contributed by atoms with Crippen LogP contribution in [0.15, 0.2) is 66.9 Å². The van der Waals surface area contributed by atoms with E-state index in [2.05, 4.69) is 28.5 Å². The number of ether oxygens (including phenoxy) is 2. The smallest absolute Gasteiger partial charge is 0.229 e. The van der Waals surface area contributed by atoms with Crippen molar-refractivity contribution in [2.24, 2.45) is 5.92 Å². The summed E-state index contributed by atoms with van der Waals surface area (Å²) in [7, 11) is 0. The average Bonchev–Trinajstić information content (AvgIpc) is 3.67. The first-order chi connectivity index (χ1) is 16.2. The molecule has 2 atom stereocenters. The highest BCUT2D eigenvalue weighted by atomic mass is 16.5. The van der Waals surface area contributed by atoms with Gasteiger partial charge in [0.25, 0.3) is 0 Å². The quantitative estimate of drug-likeness (QED) is 0.589. The van der Waals surface area contributed by atoms with E-state index in [4.69, 9.17) is 9.47 Å². The lowest BCUT2D eigenvalue weighted by Gasteiger charge is -2.23. The molecule has 1 saturated carbocycles. The summed E-state index contributed by atoms with van der Waals surface area (Å²) in [5.41, 5.74) is 3.44. The van der Waals surface area contributed by atoms with E-state index in [9.17, 15) is 10.1 Å². The number of benzene rings is 2. The Hall–Kier alpha value is -3.69. The van der Waals surface area contributed by atoms with Crippen molar-refractivity contribution in [1.29, 1.82) is 5.26 Å². The van der Waals surface area contributed by atoms with Crippen LogP contribution in [-0.4, -0.2) is 30.2 Å². The predicted octanol–water partition coefficient (Wildman–Crippen LogP) is 4.92. The molecule has 6 heteroatoms. The van der Waals surface area contributed by atoms with Gasteiger partial charge in [0.1, 0.15) is 23.7 Å². The fraction of sp³-hybridized carbons (Fsp3) is 0.296. The van der Waals surface area contributed by atoms with Crippen molar-refractivity contribution >= 4 is 11.7 Å². The Morgan fingerprint density at radius 1 is 1.06 bits per heavy atom. The summed E-state index contributed by atoms with van der Waals surface area (Å²) in [6.45, 7) is 1.37. The molecule has 1 saturated heterocycles. The van der Waals surface area contributed by atoms with Gasteiger partial charge >= 0.3 is 0 Å². The van der Waals surface area contributed by atoms with Crippen LogP contribution >= 0.6 is 0 Å². The maximum absolute atomic E-state index is 12.7. The zero-order chi connectivity index (χ0) is 22.6. The monoisotopic (exact) mass is 439 g/mol. The largest absolute Gasteiger partial charge is 0.489 e. The summed E-state index contributed by atoms with van der Waals surface area (Å²) < 4.78 is 11.4. The molecule has 2 aromatic carbocycles. The number of hydrogen-bond acceptors (Lipinski definition) is 5. The molecular weight excluding hydrogens is 414 g/mol. The number of carbonyl (C=O) groups excluding carboxylic acids is 1. The van der Waals surface area contributed by atoms with Crippen LogP contribution < -0.4 is 10.1 Å². The Morgan fingerprint density at radius 3 is 2.64 bits per heavy atom. The number of carbonyl (C=O) groups is 1. The van der Waals surface area contributed by atoms with Crippen molar-refractivity contribution in [2.45, 2.75) is 31.3 Å². The van der Waals surface area contributed by atoms with Crippen molar-refractivity contribution in [2.75, 3.05) is 18.5 Å². The normalized spacial score (nSPS) is 20.0. The minimum absolute atomic E-state index is 0.00794. The number of aromatic nitrogens is 1. The number of nitriles is 1. The zero-order valence-corrected chi connectivity index (χ0v) is 18.2. The molecule has 2 fully saturated rings. The van der Waals surface area contributed by atoms with Crippen LogP contribution in [0.1, 0.15) is 36.3 Å². The molecule has 166 valence electrons. The van der Waals surface area contributed by atoms with Gasteiger partial charge in [-0.3, -0.25) is 4.79 Å². The molecule has 0 radical (unpaired) electrons. The molecule has 2 heterocycles. The summed E-state index contributed by atoms with van der Waals surface area (Å²) >= 11 is 0. The van der Waals surface area contributed by atoms with E-state index in [-0.39, 0.29) is 23.8 Å². The van der Waals surface area contributed by atoms with Gasteiger partial charge in [0, 0.05) is 25.0 Å². The van der Waals surface area contributed by atoms with Gasteiger partial charge in [-0.2, -0.15) is 5.26 Å². The second kappa shape index (κ2) is 9.43. The highest BCUT2D eigenvalue weighted by molar-refractivity contribution is 5.95. The Labute approximate surface area is 193 Å². The highest BCUT2D eigenvalue weighted by Crippen LogP contribution is 2.47. The van der Waals surface area contributed by atoms with E-state index in [1.807, 2.05) is 48.5 Å². The van der Waals surface area contributed by atoms with Crippen molar-refractivity contribution in [3.05, 3.63) is 78.0 Å². The molecule has 1 aromatic heterocycles. The molecule has 2 aliphatic rings. The molecular formula is C27H25N3O3. The van der Waals surface area contributed by atoms with Crippen LogP contribution in [0.2, 0.25) is 0 Å². The van der Waals surface area contributed by atoms with Gasteiger partial charge in [0.05, 0.1) is 18.8 Å². The Morgan fingerprint density at radius 2 is 1.85 bits per heavy atom. The van der Waals surface area contributed by atoms with Crippen LogP contribution in [0, 0.1) is 17.2 Å². The summed E-state index contributed by atoms with van der Waals surface area (Å²) in [6.07, 6.45) is 4.25. The fourth-order valence-electron chi connectivity index (χ4n) is 4.32. The van der Waals surface area contributed by atoms with Crippen LogP contribution in [-0.2, 0) is 9.53 Å². The number of pyridine rings is 1. The first-order valence-electron chi connectivity index (χ1n) is 11.3. The van der Waals surface area contributed by atoms with Gasteiger partial charge in [-0.05, 0) is 53.3 Å². The standard InChI is InChI=1S/C27H25N3O3/c28-17-21-14-19(6-7-25(21)33-22-9-12-32-13-10-22)20-8-11-29-26(15-20)30-27(31)24-16-23(24)18-4-2-1-3-5-18/h1-8,11,14-15,22-24H,9-10,12-13,16H2,(H,29,30,31). The molecule has 0 bridgehead atoms. The molecule has 3 aromatic rings. The van der Waals surface area contributed by atoms with Crippen LogP contribution in [0.4, 0.5) is 5.82 Å². The molecule has 2 unspecified atom stereocenters. The Balaban J connectivity index is 1.28. The minimum Gasteiger partial charge on any atom is -0.489 e. The van der Waals surface area contributed by atoms with Gasteiger partial charge < -0.3 is 14.8 Å². The molecule has 5 rings (SSSR count). The third kappa shape index (κ3) is 4.89. The molecule has 0 spiro atoms. The molecule has 33 heavy (non-hydrogen) atoms. The summed E-state index contributed by atoms with van der Waals surface area (Å²) in [6, 6.07) is 21.7. The Kier molecular flexibility index (Phi) is 6.05. The lowest BCUT2D eigenvalue weighted by molar-refractivity contribution is -0.117. The molecule has 1 N–H and O–H groups in total. The maximum Gasteiger partial charge on any atom is 0.229 e. The van der Waals surface area contributed by atoms with E-state index in [1.165, 1.54) is 5.56 Å². The van der Waals surface area contributed by atoms with E-state index in [0.717, 1.165) is 30.4 Å². The van der Waals surface area contributed by atoms with Crippen LogP contribution in [0.5, 0.6) is 5.75 Å². The first kappa shape index (κ1) is 21.2. The molecule has 1 aliphatic heterocycles. The van der Waals surface area contributed by atoms with Gasteiger partial charge in [-0.15, -0.1) is 0 Å². The third-order valence-electron chi connectivity index (χ3n) is 6.26.